The van der Waals surface area contributed by atoms with Crippen LogP contribution in [0.4, 0.5) is 0 Å². The number of rotatable bonds is 1. The van der Waals surface area contributed by atoms with Crippen LogP contribution in [-0.2, 0) is 0 Å². The average Bonchev–Trinajstić information content (AvgIpc) is 2.50. The maximum atomic E-state index is 5.73. The maximum Gasteiger partial charge on any atom is 0.135 e. The zero-order valence-corrected chi connectivity index (χ0v) is 9.28. The molecule has 2 nitrogen and oxygen atoms in total. The maximum absolute atomic E-state index is 5.73. The van der Waals surface area contributed by atoms with Gasteiger partial charge in [0.05, 0.1) is 7.11 Å². The first kappa shape index (κ1) is 9.28. The van der Waals surface area contributed by atoms with Crippen molar-refractivity contribution in [2.45, 2.75) is 6.92 Å². The van der Waals surface area contributed by atoms with Gasteiger partial charge in [0.15, 0.2) is 0 Å². The van der Waals surface area contributed by atoms with Crippen molar-refractivity contribution >= 4 is 23.1 Å². The van der Waals surface area contributed by atoms with Crippen LogP contribution in [0.1, 0.15) is 16.9 Å². The summed E-state index contributed by atoms with van der Waals surface area (Å²) in [5.41, 5.74) is 3.16. The van der Waals surface area contributed by atoms with Crippen molar-refractivity contribution in [3.63, 3.8) is 0 Å². The molecule has 1 heterocycles. The molecule has 0 unspecified atom stereocenters. The molecule has 80 valence electrons. The molecule has 0 bridgehead atoms. The molecule has 0 saturated carbocycles. The molecule has 1 aromatic heterocycles. The zero-order chi connectivity index (χ0) is 11.1. The summed E-state index contributed by atoms with van der Waals surface area (Å²) >= 11 is 0. The average molecular weight is 212 g/mol. The third-order valence-electron chi connectivity index (χ3n) is 2.94. The second kappa shape index (κ2) is 3.27. The topological polar surface area (TPSA) is 22.4 Å². The standard InChI is InChI=1S/C14H12O2/c1-9-10-5-3-4-6-11-12(15-2)7-8-13(16-9)14(10)11/h3-8H,1-2H3. The first-order chi connectivity index (χ1) is 7.81. The predicted molar refractivity (Wildman–Crippen MR) is 65.6 cm³/mol. The Morgan fingerprint density at radius 3 is 2.56 bits per heavy atom. The number of allylic oxidation sites excluding steroid dienone is 2. The van der Waals surface area contributed by atoms with Crippen molar-refractivity contribution in [1.82, 2.24) is 0 Å². The Morgan fingerprint density at radius 1 is 1.06 bits per heavy atom. The molecular formula is C14H12O2. The highest BCUT2D eigenvalue weighted by atomic mass is 16.5. The van der Waals surface area contributed by atoms with Crippen molar-refractivity contribution in [3.8, 4) is 5.75 Å². The SMILES string of the molecule is COc1ccc2oc(C)c3c2c1C=CC=C3. The number of hydrogen-bond donors (Lipinski definition) is 0. The van der Waals surface area contributed by atoms with Crippen LogP contribution in [0.2, 0.25) is 0 Å². The fraction of sp³-hybridized carbons (Fsp3) is 0.143. The largest absolute Gasteiger partial charge is 0.496 e. The first-order valence-corrected chi connectivity index (χ1v) is 5.26. The lowest BCUT2D eigenvalue weighted by molar-refractivity contribution is 0.414. The highest BCUT2D eigenvalue weighted by molar-refractivity contribution is 5.98. The van der Waals surface area contributed by atoms with Gasteiger partial charge in [-0.15, -0.1) is 0 Å². The minimum atomic E-state index is 0.884. The third kappa shape index (κ3) is 1.13. The van der Waals surface area contributed by atoms with E-state index in [1.807, 2.05) is 31.2 Å². The Bertz CT molecular complexity index is 615. The number of methoxy groups -OCH3 is 1. The van der Waals surface area contributed by atoms with Crippen molar-refractivity contribution in [3.05, 3.63) is 41.2 Å². The third-order valence-corrected chi connectivity index (χ3v) is 2.94. The Kier molecular flexibility index (Phi) is 1.90. The summed E-state index contributed by atoms with van der Waals surface area (Å²) in [5, 5.41) is 1.14. The lowest BCUT2D eigenvalue weighted by Gasteiger charge is -2.05. The fourth-order valence-electron chi connectivity index (χ4n) is 2.19. The van der Waals surface area contributed by atoms with Crippen LogP contribution >= 0.6 is 0 Å². The number of hydrogen-bond acceptors (Lipinski definition) is 2. The summed E-state index contributed by atoms with van der Waals surface area (Å²) in [6.07, 6.45) is 8.18. The molecule has 0 amide bonds. The number of benzene rings is 1. The highest BCUT2D eigenvalue weighted by Gasteiger charge is 2.15. The van der Waals surface area contributed by atoms with Crippen molar-refractivity contribution in [2.75, 3.05) is 7.11 Å². The second-order valence-electron chi connectivity index (χ2n) is 3.84. The molecule has 0 aliphatic heterocycles. The van der Waals surface area contributed by atoms with Gasteiger partial charge in [-0.2, -0.15) is 0 Å². The molecule has 2 aromatic rings. The van der Waals surface area contributed by atoms with Crippen LogP contribution in [0.25, 0.3) is 23.1 Å². The van der Waals surface area contributed by atoms with Gasteiger partial charge in [0.1, 0.15) is 17.1 Å². The smallest absolute Gasteiger partial charge is 0.135 e. The van der Waals surface area contributed by atoms with Crippen molar-refractivity contribution in [1.29, 1.82) is 0 Å². The van der Waals surface area contributed by atoms with E-state index in [4.69, 9.17) is 9.15 Å². The summed E-state index contributed by atoms with van der Waals surface area (Å²) in [6, 6.07) is 3.90. The minimum Gasteiger partial charge on any atom is -0.496 e. The number of furan rings is 1. The number of ether oxygens (including phenoxy) is 1. The molecule has 0 radical (unpaired) electrons. The van der Waals surface area contributed by atoms with Crippen molar-refractivity contribution in [2.24, 2.45) is 0 Å². The Balaban J connectivity index is 2.50. The van der Waals surface area contributed by atoms with Gasteiger partial charge in [0.25, 0.3) is 0 Å². The van der Waals surface area contributed by atoms with Crippen LogP contribution in [-0.4, -0.2) is 7.11 Å². The molecule has 3 rings (SSSR count). The van der Waals surface area contributed by atoms with E-state index in [1.165, 1.54) is 0 Å². The lowest BCUT2D eigenvalue weighted by Crippen LogP contribution is -1.87. The van der Waals surface area contributed by atoms with Gasteiger partial charge in [0.2, 0.25) is 0 Å². The van der Waals surface area contributed by atoms with E-state index >= 15 is 0 Å². The van der Waals surface area contributed by atoms with Gasteiger partial charge in [-0.05, 0) is 19.1 Å². The fourth-order valence-corrected chi connectivity index (χ4v) is 2.19. The lowest BCUT2D eigenvalue weighted by atomic mass is 10.0. The molecule has 1 aromatic carbocycles. The van der Waals surface area contributed by atoms with Crippen LogP contribution in [0, 0.1) is 6.92 Å². The molecule has 1 aliphatic carbocycles. The minimum absolute atomic E-state index is 0.884. The van der Waals surface area contributed by atoms with E-state index < -0.39 is 0 Å². The van der Waals surface area contributed by atoms with E-state index in [0.717, 1.165) is 33.6 Å². The van der Waals surface area contributed by atoms with E-state index in [0.29, 0.717) is 0 Å². The molecular weight excluding hydrogens is 200 g/mol. The Labute approximate surface area is 93.8 Å². The second-order valence-corrected chi connectivity index (χ2v) is 3.84. The van der Waals surface area contributed by atoms with Gasteiger partial charge in [0, 0.05) is 16.5 Å². The Hall–Kier alpha value is -1.96. The summed E-state index contributed by atoms with van der Waals surface area (Å²) in [4.78, 5) is 0. The molecule has 16 heavy (non-hydrogen) atoms. The van der Waals surface area contributed by atoms with E-state index in [1.54, 1.807) is 7.11 Å². The van der Waals surface area contributed by atoms with Gasteiger partial charge < -0.3 is 9.15 Å². The molecule has 0 N–H and O–H groups in total. The van der Waals surface area contributed by atoms with Gasteiger partial charge in [-0.1, -0.05) is 24.3 Å². The number of aryl methyl sites for hydroxylation is 1. The van der Waals surface area contributed by atoms with Crippen LogP contribution in [0.3, 0.4) is 0 Å². The van der Waals surface area contributed by atoms with Crippen LogP contribution < -0.4 is 4.74 Å². The van der Waals surface area contributed by atoms with E-state index in [-0.39, 0.29) is 0 Å². The molecule has 0 spiro atoms. The molecule has 0 saturated heterocycles. The van der Waals surface area contributed by atoms with Gasteiger partial charge in [-0.25, -0.2) is 0 Å². The highest BCUT2D eigenvalue weighted by Crippen LogP contribution is 2.36. The normalized spacial score (nSPS) is 13.1. The quantitative estimate of drug-likeness (QED) is 0.717. The molecule has 1 aliphatic rings. The van der Waals surface area contributed by atoms with E-state index in [2.05, 4.69) is 12.2 Å². The summed E-state index contributed by atoms with van der Waals surface area (Å²) < 4.78 is 11.1. The first-order valence-electron chi connectivity index (χ1n) is 5.26. The van der Waals surface area contributed by atoms with E-state index in [9.17, 15) is 0 Å². The Morgan fingerprint density at radius 2 is 1.81 bits per heavy atom. The monoisotopic (exact) mass is 212 g/mol. The van der Waals surface area contributed by atoms with Crippen molar-refractivity contribution < 1.29 is 9.15 Å². The summed E-state index contributed by atoms with van der Waals surface area (Å²) in [6.45, 7) is 1.99. The van der Waals surface area contributed by atoms with Crippen LogP contribution in [0.5, 0.6) is 5.75 Å². The zero-order valence-electron chi connectivity index (χ0n) is 9.28. The summed E-state index contributed by atoms with van der Waals surface area (Å²) in [7, 11) is 1.69. The molecule has 2 heteroatoms. The molecule has 0 atom stereocenters. The van der Waals surface area contributed by atoms with Gasteiger partial charge >= 0.3 is 0 Å². The molecule has 0 fully saturated rings. The van der Waals surface area contributed by atoms with Crippen LogP contribution in [0.15, 0.2) is 28.7 Å². The van der Waals surface area contributed by atoms with Gasteiger partial charge in [-0.3, -0.25) is 0 Å². The predicted octanol–water partition coefficient (Wildman–Crippen LogP) is 3.79. The summed E-state index contributed by atoms with van der Waals surface area (Å²) in [5.74, 6) is 1.83.